The molecule has 0 aromatic carbocycles. The molecule has 16 heavy (non-hydrogen) atoms. The molecule has 1 unspecified atom stereocenters. The van der Waals surface area contributed by atoms with Gasteiger partial charge in [0.15, 0.2) is 0 Å². The van der Waals surface area contributed by atoms with Crippen LogP contribution in [0.15, 0.2) is 16.5 Å². The van der Waals surface area contributed by atoms with E-state index in [2.05, 4.69) is 0 Å². The molecule has 0 saturated heterocycles. The second-order valence-corrected chi connectivity index (χ2v) is 4.66. The monoisotopic (exact) mass is 223 g/mol. The highest BCUT2D eigenvalue weighted by molar-refractivity contribution is 5.08. The van der Waals surface area contributed by atoms with Crippen LogP contribution in [-0.2, 0) is 4.74 Å². The van der Waals surface area contributed by atoms with Crippen LogP contribution in [0.3, 0.4) is 0 Å². The Hall–Kier alpha value is -0.800. The molecule has 90 valence electrons. The lowest BCUT2D eigenvalue weighted by molar-refractivity contribution is 0.0215. The fraction of sp³-hybridized carbons (Fsp3) is 0.692. The van der Waals surface area contributed by atoms with Gasteiger partial charge in [0.2, 0.25) is 0 Å². The van der Waals surface area contributed by atoms with Crippen LogP contribution < -0.4 is 5.73 Å². The zero-order valence-electron chi connectivity index (χ0n) is 9.95. The first-order chi connectivity index (χ1) is 7.79. The molecule has 0 spiro atoms. The predicted octanol–water partition coefficient (Wildman–Crippen LogP) is 2.79. The maximum Gasteiger partial charge on any atom is 0.134 e. The van der Waals surface area contributed by atoms with E-state index in [4.69, 9.17) is 14.9 Å². The van der Waals surface area contributed by atoms with Crippen LogP contribution >= 0.6 is 0 Å². The van der Waals surface area contributed by atoms with Crippen molar-refractivity contribution in [1.82, 2.24) is 0 Å². The van der Waals surface area contributed by atoms with Crippen LogP contribution in [0, 0.1) is 12.8 Å². The van der Waals surface area contributed by atoms with Crippen LogP contribution in [0.2, 0.25) is 0 Å². The van der Waals surface area contributed by atoms with Gasteiger partial charge in [-0.05, 0) is 37.8 Å². The van der Waals surface area contributed by atoms with E-state index in [0.717, 1.165) is 24.0 Å². The maximum absolute atomic E-state index is 5.86. The van der Waals surface area contributed by atoms with Crippen molar-refractivity contribution in [1.29, 1.82) is 0 Å². The summed E-state index contributed by atoms with van der Waals surface area (Å²) in [7, 11) is 0. The topological polar surface area (TPSA) is 48.4 Å². The molecular formula is C13H21NO2. The van der Waals surface area contributed by atoms with Crippen molar-refractivity contribution in [2.75, 3.05) is 13.2 Å². The molecule has 1 fully saturated rings. The Morgan fingerprint density at radius 3 is 2.75 bits per heavy atom. The zero-order chi connectivity index (χ0) is 11.4. The maximum atomic E-state index is 5.86. The van der Waals surface area contributed by atoms with Gasteiger partial charge >= 0.3 is 0 Å². The van der Waals surface area contributed by atoms with E-state index in [1.807, 2.05) is 19.1 Å². The predicted molar refractivity (Wildman–Crippen MR) is 63.2 cm³/mol. The average molecular weight is 223 g/mol. The number of rotatable bonds is 5. The van der Waals surface area contributed by atoms with Gasteiger partial charge in [-0.15, -0.1) is 0 Å². The van der Waals surface area contributed by atoms with Gasteiger partial charge in [-0.2, -0.15) is 0 Å². The summed E-state index contributed by atoms with van der Waals surface area (Å²) in [5.74, 6) is 2.50. The molecule has 2 rings (SSSR count). The molecule has 1 atom stereocenters. The Kier molecular flexibility index (Phi) is 4.02. The first-order valence-electron chi connectivity index (χ1n) is 6.17. The minimum absolute atomic E-state index is 0.0747. The van der Waals surface area contributed by atoms with E-state index in [9.17, 15) is 0 Å². The Morgan fingerprint density at radius 2 is 2.19 bits per heavy atom. The number of ether oxygens (including phenoxy) is 1. The minimum Gasteiger partial charge on any atom is -0.464 e. The van der Waals surface area contributed by atoms with E-state index in [-0.39, 0.29) is 6.10 Å². The van der Waals surface area contributed by atoms with Crippen molar-refractivity contribution in [2.24, 2.45) is 11.7 Å². The van der Waals surface area contributed by atoms with Crippen LogP contribution in [-0.4, -0.2) is 13.2 Å². The second kappa shape index (κ2) is 5.51. The lowest BCUT2D eigenvalue weighted by atomic mass is 10.1. The highest BCUT2D eigenvalue weighted by Crippen LogP contribution is 2.27. The molecular weight excluding hydrogens is 202 g/mol. The highest BCUT2D eigenvalue weighted by Gasteiger charge is 2.19. The highest BCUT2D eigenvalue weighted by atomic mass is 16.5. The molecule has 0 amide bonds. The number of hydrogen-bond acceptors (Lipinski definition) is 3. The van der Waals surface area contributed by atoms with Crippen LogP contribution in [0.25, 0.3) is 0 Å². The first kappa shape index (κ1) is 11.7. The molecule has 1 aromatic heterocycles. The fourth-order valence-corrected chi connectivity index (χ4v) is 2.32. The summed E-state index contributed by atoms with van der Waals surface area (Å²) in [6, 6.07) is 3.92. The van der Waals surface area contributed by atoms with Gasteiger partial charge in [0.1, 0.15) is 17.6 Å². The van der Waals surface area contributed by atoms with E-state index >= 15 is 0 Å². The molecule has 1 aliphatic rings. The van der Waals surface area contributed by atoms with Gasteiger partial charge < -0.3 is 14.9 Å². The molecule has 1 aliphatic carbocycles. The van der Waals surface area contributed by atoms with Crippen molar-refractivity contribution in [3.63, 3.8) is 0 Å². The van der Waals surface area contributed by atoms with E-state index in [1.54, 1.807) is 0 Å². The lowest BCUT2D eigenvalue weighted by Crippen LogP contribution is -2.18. The molecule has 0 radical (unpaired) electrons. The van der Waals surface area contributed by atoms with Gasteiger partial charge in [-0.1, -0.05) is 12.8 Å². The molecule has 2 N–H and O–H groups in total. The zero-order valence-corrected chi connectivity index (χ0v) is 9.95. The summed E-state index contributed by atoms with van der Waals surface area (Å²) in [5, 5.41) is 0. The normalized spacial score (nSPS) is 19.1. The number of nitrogens with two attached hydrogens (primary N) is 1. The fourth-order valence-electron chi connectivity index (χ4n) is 2.32. The summed E-state index contributed by atoms with van der Waals surface area (Å²) < 4.78 is 11.4. The second-order valence-electron chi connectivity index (χ2n) is 4.66. The van der Waals surface area contributed by atoms with Crippen molar-refractivity contribution < 1.29 is 9.15 Å². The molecule has 1 aromatic rings. The third-order valence-electron chi connectivity index (χ3n) is 3.30. The van der Waals surface area contributed by atoms with E-state index in [0.29, 0.717) is 6.54 Å². The summed E-state index contributed by atoms with van der Waals surface area (Å²) in [6.07, 6.45) is 5.22. The minimum atomic E-state index is -0.0747. The number of furan rings is 1. The third-order valence-corrected chi connectivity index (χ3v) is 3.30. The van der Waals surface area contributed by atoms with Crippen molar-refractivity contribution in [3.8, 4) is 0 Å². The SMILES string of the molecule is Cc1ccc(C(CN)OCC2CCCC2)o1. The third kappa shape index (κ3) is 2.86. The summed E-state index contributed by atoms with van der Waals surface area (Å²) >= 11 is 0. The largest absolute Gasteiger partial charge is 0.464 e. The van der Waals surface area contributed by atoms with Gasteiger partial charge in [0.25, 0.3) is 0 Å². The van der Waals surface area contributed by atoms with Crippen molar-refractivity contribution in [2.45, 2.75) is 38.7 Å². The summed E-state index contributed by atoms with van der Waals surface area (Å²) in [5.41, 5.74) is 5.71. The van der Waals surface area contributed by atoms with E-state index in [1.165, 1.54) is 25.7 Å². The number of aryl methyl sites for hydroxylation is 1. The molecule has 1 saturated carbocycles. The van der Waals surface area contributed by atoms with E-state index < -0.39 is 0 Å². The van der Waals surface area contributed by atoms with Gasteiger partial charge in [0.05, 0.1) is 6.61 Å². The molecule has 3 heteroatoms. The Morgan fingerprint density at radius 1 is 1.44 bits per heavy atom. The van der Waals surface area contributed by atoms with Crippen molar-refractivity contribution >= 4 is 0 Å². The smallest absolute Gasteiger partial charge is 0.134 e. The molecule has 0 bridgehead atoms. The lowest BCUT2D eigenvalue weighted by Gasteiger charge is -2.16. The Balaban J connectivity index is 1.85. The average Bonchev–Trinajstić information content (AvgIpc) is 2.91. The number of hydrogen-bond donors (Lipinski definition) is 1. The molecule has 0 aliphatic heterocycles. The Bertz CT molecular complexity index is 315. The summed E-state index contributed by atoms with van der Waals surface area (Å²) in [6.45, 7) is 3.25. The van der Waals surface area contributed by atoms with Crippen LogP contribution in [0.1, 0.15) is 43.3 Å². The quantitative estimate of drug-likeness (QED) is 0.835. The van der Waals surface area contributed by atoms with Crippen molar-refractivity contribution in [3.05, 3.63) is 23.7 Å². The molecule has 1 heterocycles. The van der Waals surface area contributed by atoms with Gasteiger partial charge in [-0.25, -0.2) is 0 Å². The standard InChI is InChI=1S/C13H21NO2/c1-10-6-7-12(16-10)13(8-14)15-9-11-4-2-3-5-11/h6-7,11,13H,2-5,8-9,14H2,1H3. The van der Waals surface area contributed by atoms with Crippen LogP contribution in [0.4, 0.5) is 0 Å². The summed E-state index contributed by atoms with van der Waals surface area (Å²) in [4.78, 5) is 0. The Labute approximate surface area is 97.0 Å². The molecule has 3 nitrogen and oxygen atoms in total. The van der Waals surface area contributed by atoms with Gasteiger partial charge in [0, 0.05) is 6.54 Å². The first-order valence-corrected chi connectivity index (χ1v) is 6.17. The van der Waals surface area contributed by atoms with Crippen LogP contribution in [0.5, 0.6) is 0 Å². The van der Waals surface area contributed by atoms with Gasteiger partial charge in [-0.3, -0.25) is 0 Å².